The number of rotatable bonds is 4. The lowest BCUT2D eigenvalue weighted by Gasteiger charge is -2.14. The predicted molar refractivity (Wildman–Crippen MR) is 113 cm³/mol. The number of nitrogens with zero attached hydrogens (tertiary/aromatic N) is 2. The van der Waals surface area contributed by atoms with E-state index in [4.69, 9.17) is 0 Å². The molecule has 1 saturated heterocycles. The highest BCUT2D eigenvalue weighted by Gasteiger charge is 2.30. The number of nitrogens with one attached hydrogen (secondary N) is 1. The van der Waals surface area contributed by atoms with Crippen LogP contribution >= 0.6 is 11.8 Å². The van der Waals surface area contributed by atoms with Crippen molar-refractivity contribution in [3.8, 4) is 0 Å². The lowest BCUT2D eigenvalue weighted by molar-refractivity contribution is -0.126. The molecule has 2 heterocycles. The molecular weight excluding hydrogens is 370 g/mol. The fraction of sp³-hybridized carbons (Fsp3) is 0.227. The molecule has 1 atom stereocenters. The molecule has 5 nitrogen and oxygen atoms in total. The lowest BCUT2D eigenvalue weighted by atomic mass is 10.1. The molecule has 0 spiro atoms. The standard InChI is InChI=1S/C22H21N3O2S/c1-14-7-8-15-13-16(9-10-17(15)23-14)21(26)24-18-5-3-4-6-19(18)28-20-11-12-25(2)22(20)27/h3-10,13,20H,11-12H2,1-2H3,(H,24,26)/t20-/m0/s1. The number of hydrogen-bond donors (Lipinski definition) is 1. The van der Waals surface area contributed by atoms with Crippen molar-refractivity contribution in [3.63, 3.8) is 0 Å². The van der Waals surface area contributed by atoms with Crippen molar-refractivity contribution >= 4 is 40.2 Å². The quantitative estimate of drug-likeness (QED) is 0.727. The van der Waals surface area contributed by atoms with Crippen molar-refractivity contribution in [1.29, 1.82) is 0 Å². The molecule has 3 aromatic rings. The summed E-state index contributed by atoms with van der Waals surface area (Å²) in [5.41, 5.74) is 3.12. The third-order valence-corrected chi connectivity index (χ3v) is 6.21. The van der Waals surface area contributed by atoms with Crippen LogP contribution in [0.1, 0.15) is 22.5 Å². The topological polar surface area (TPSA) is 62.3 Å². The van der Waals surface area contributed by atoms with Gasteiger partial charge in [-0.25, -0.2) is 0 Å². The molecular formula is C22H21N3O2S. The number of anilines is 1. The van der Waals surface area contributed by atoms with Gasteiger partial charge in [0.2, 0.25) is 5.91 Å². The third-order valence-electron chi connectivity index (χ3n) is 4.87. The van der Waals surface area contributed by atoms with Crippen LogP contribution < -0.4 is 5.32 Å². The van der Waals surface area contributed by atoms with E-state index in [1.54, 1.807) is 11.0 Å². The third kappa shape index (κ3) is 3.73. The maximum atomic E-state index is 12.8. The minimum atomic E-state index is -0.176. The van der Waals surface area contributed by atoms with Gasteiger partial charge in [0, 0.05) is 35.1 Å². The van der Waals surface area contributed by atoms with Crippen molar-refractivity contribution in [1.82, 2.24) is 9.88 Å². The van der Waals surface area contributed by atoms with Gasteiger partial charge in [-0.2, -0.15) is 0 Å². The van der Waals surface area contributed by atoms with Crippen LogP contribution in [0, 0.1) is 6.92 Å². The number of carbonyl (C=O) groups is 2. The normalized spacial score (nSPS) is 16.6. The van der Waals surface area contributed by atoms with Crippen molar-refractivity contribution in [2.75, 3.05) is 18.9 Å². The second-order valence-corrected chi connectivity index (χ2v) is 8.21. The average Bonchev–Trinajstić information content (AvgIpc) is 3.01. The first-order chi connectivity index (χ1) is 13.5. The van der Waals surface area contributed by atoms with E-state index < -0.39 is 0 Å². The van der Waals surface area contributed by atoms with E-state index in [1.165, 1.54) is 11.8 Å². The van der Waals surface area contributed by atoms with E-state index in [1.807, 2.05) is 62.5 Å². The van der Waals surface area contributed by atoms with E-state index in [0.717, 1.165) is 40.1 Å². The van der Waals surface area contributed by atoms with Crippen LogP contribution in [-0.2, 0) is 4.79 Å². The zero-order valence-electron chi connectivity index (χ0n) is 15.8. The van der Waals surface area contributed by atoms with Crippen molar-refractivity contribution in [3.05, 3.63) is 65.9 Å². The fourth-order valence-electron chi connectivity index (χ4n) is 3.29. The molecule has 0 unspecified atom stereocenters. The summed E-state index contributed by atoms with van der Waals surface area (Å²) in [6.45, 7) is 2.72. The van der Waals surface area contributed by atoms with E-state index in [2.05, 4.69) is 10.3 Å². The second-order valence-electron chi connectivity index (χ2n) is 6.97. The van der Waals surface area contributed by atoms with Gasteiger partial charge in [0.1, 0.15) is 0 Å². The first-order valence-electron chi connectivity index (χ1n) is 9.21. The summed E-state index contributed by atoms with van der Waals surface area (Å²) in [6, 6.07) is 17.0. The highest BCUT2D eigenvalue weighted by molar-refractivity contribution is 8.00. The lowest BCUT2D eigenvalue weighted by Crippen LogP contribution is -2.23. The Bertz CT molecular complexity index is 1070. The zero-order chi connectivity index (χ0) is 19.7. The Morgan fingerprint density at radius 3 is 2.79 bits per heavy atom. The monoisotopic (exact) mass is 391 g/mol. The van der Waals surface area contributed by atoms with Crippen molar-refractivity contribution in [2.45, 2.75) is 23.5 Å². The minimum absolute atomic E-state index is 0.0990. The SMILES string of the molecule is Cc1ccc2cc(C(=O)Nc3ccccc3S[C@H]3CCN(C)C3=O)ccc2n1. The molecule has 0 aliphatic carbocycles. The Labute approximate surface area is 168 Å². The first kappa shape index (κ1) is 18.5. The van der Waals surface area contributed by atoms with Gasteiger partial charge in [-0.3, -0.25) is 14.6 Å². The van der Waals surface area contributed by atoms with Crippen LogP contribution in [0.4, 0.5) is 5.69 Å². The molecule has 0 radical (unpaired) electrons. The molecule has 1 aliphatic rings. The highest BCUT2D eigenvalue weighted by atomic mass is 32.2. The van der Waals surface area contributed by atoms with Crippen molar-refractivity contribution in [2.24, 2.45) is 0 Å². The van der Waals surface area contributed by atoms with Gasteiger partial charge in [-0.05, 0) is 49.7 Å². The van der Waals surface area contributed by atoms with Crippen LogP contribution in [0.15, 0.2) is 59.5 Å². The van der Waals surface area contributed by atoms with Gasteiger partial charge < -0.3 is 10.2 Å². The molecule has 2 aromatic carbocycles. The van der Waals surface area contributed by atoms with Gasteiger partial charge in [0.05, 0.1) is 16.5 Å². The van der Waals surface area contributed by atoms with E-state index in [9.17, 15) is 9.59 Å². The fourth-order valence-corrected chi connectivity index (χ4v) is 4.50. The Hall–Kier alpha value is -2.86. The molecule has 1 fully saturated rings. The molecule has 0 bridgehead atoms. The molecule has 1 aliphatic heterocycles. The minimum Gasteiger partial charge on any atom is -0.345 e. The van der Waals surface area contributed by atoms with E-state index >= 15 is 0 Å². The van der Waals surface area contributed by atoms with Gasteiger partial charge in [0.15, 0.2) is 0 Å². The Kier molecular flexibility index (Phi) is 5.05. The smallest absolute Gasteiger partial charge is 0.255 e. The predicted octanol–water partition coefficient (Wildman–Crippen LogP) is 4.12. The summed E-state index contributed by atoms with van der Waals surface area (Å²) in [5.74, 6) is -0.0335. The molecule has 6 heteroatoms. The molecule has 2 amide bonds. The van der Waals surface area contributed by atoms with Crippen LogP contribution in [0.2, 0.25) is 0 Å². The second kappa shape index (κ2) is 7.64. The maximum absolute atomic E-state index is 12.8. The van der Waals surface area contributed by atoms with Crippen LogP contribution in [0.3, 0.4) is 0 Å². The van der Waals surface area contributed by atoms with Crippen LogP contribution in [0.25, 0.3) is 10.9 Å². The highest BCUT2D eigenvalue weighted by Crippen LogP contribution is 2.35. The molecule has 1 aromatic heterocycles. The van der Waals surface area contributed by atoms with Crippen LogP contribution in [0.5, 0.6) is 0 Å². The number of thioether (sulfide) groups is 1. The summed E-state index contributed by atoms with van der Waals surface area (Å²) < 4.78 is 0. The Morgan fingerprint density at radius 2 is 2.00 bits per heavy atom. The largest absolute Gasteiger partial charge is 0.345 e. The van der Waals surface area contributed by atoms with E-state index in [0.29, 0.717) is 5.56 Å². The van der Waals surface area contributed by atoms with E-state index in [-0.39, 0.29) is 17.1 Å². The first-order valence-corrected chi connectivity index (χ1v) is 10.1. The summed E-state index contributed by atoms with van der Waals surface area (Å²) in [7, 11) is 1.83. The number of amides is 2. The summed E-state index contributed by atoms with van der Waals surface area (Å²) in [5, 5.41) is 3.83. The summed E-state index contributed by atoms with van der Waals surface area (Å²) >= 11 is 1.52. The molecule has 28 heavy (non-hydrogen) atoms. The number of benzene rings is 2. The zero-order valence-corrected chi connectivity index (χ0v) is 16.6. The molecule has 142 valence electrons. The van der Waals surface area contributed by atoms with Gasteiger partial charge in [-0.1, -0.05) is 18.2 Å². The Morgan fingerprint density at radius 1 is 1.18 bits per heavy atom. The van der Waals surface area contributed by atoms with Crippen LogP contribution in [-0.4, -0.2) is 40.5 Å². The number of fused-ring (bicyclic) bond motifs is 1. The average molecular weight is 391 g/mol. The molecule has 0 saturated carbocycles. The Balaban J connectivity index is 1.55. The number of aromatic nitrogens is 1. The summed E-state index contributed by atoms with van der Waals surface area (Å²) in [6.07, 6.45) is 0.819. The van der Waals surface area contributed by atoms with Gasteiger partial charge in [-0.15, -0.1) is 11.8 Å². The van der Waals surface area contributed by atoms with Gasteiger partial charge >= 0.3 is 0 Å². The van der Waals surface area contributed by atoms with Crippen molar-refractivity contribution < 1.29 is 9.59 Å². The number of likely N-dealkylation sites (tertiary alicyclic amines) is 1. The number of carbonyl (C=O) groups excluding carboxylic acids is 2. The molecule has 4 rings (SSSR count). The van der Waals surface area contributed by atoms with Gasteiger partial charge in [0.25, 0.3) is 5.91 Å². The summed E-state index contributed by atoms with van der Waals surface area (Å²) in [4.78, 5) is 32.2. The number of para-hydroxylation sites is 1. The number of pyridine rings is 1. The molecule has 1 N–H and O–H groups in total. The number of hydrogen-bond acceptors (Lipinski definition) is 4. The maximum Gasteiger partial charge on any atom is 0.255 e. The number of aryl methyl sites for hydroxylation is 1.